The molecule has 4 aliphatic rings. The van der Waals surface area contributed by atoms with E-state index in [-0.39, 0.29) is 66.3 Å². The molecule has 11 rings (SSSR count). The zero-order valence-corrected chi connectivity index (χ0v) is 43.5. The minimum Gasteiger partial charge on any atom is -0.507 e. The molecule has 2 bridgehead atoms. The van der Waals surface area contributed by atoms with Crippen LogP contribution in [0.3, 0.4) is 0 Å². The Bertz CT molecular complexity index is 3280. The van der Waals surface area contributed by atoms with Crippen molar-refractivity contribution >= 4 is 29.0 Å². The van der Waals surface area contributed by atoms with E-state index in [9.17, 15) is 14.7 Å². The number of hydrogen-bond acceptors (Lipinski definition) is 16. The number of ether oxygens (including phenoxy) is 3. The number of aryl methyl sites for hydroxylation is 1. The highest BCUT2D eigenvalue weighted by Gasteiger charge is 2.43. The van der Waals surface area contributed by atoms with Crippen LogP contribution in [0.4, 0.5) is 17.2 Å². The van der Waals surface area contributed by atoms with Crippen LogP contribution in [0.1, 0.15) is 94.1 Å². The molecule has 7 aromatic rings. The van der Waals surface area contributed by atoms with Crippen LogP contribution in [0.2, 0.25) is 0 Å². The summed E-state index contributed by atoms with van der Waals surface area (Å²) in [5.74, 6) is 8.07. The topological polar surface area (TPSA) is 225 Å². The van der Waals surface area contributed by atoms with Crippen molar-refractivity contribution in [3.63, 3.8) is 0 Å². The van der Waals surface area contributed by atoms with E-state index in [0.29, 0.717) is 53.1 Å². The Balaban J connectivity index is 0.622. The average molecular weight is 1040 g/mol. The molecule has 2 aromatic carbocycles. The lowest BCUT2D eigenvalue weighted by Gasteiger charge is -2.43. The molecule has 2 amide bonds. The summed E-state index contributed by atoms with van der Waals surface area (Å²) in [4.78, 5) is 47.6. The zero-order valence-electron chi connectivity index (χ0n) is 43.5. The summed E-state index contributed by atoms with van der Waals surface area (Å²) in [5, 5.41) is 26.2. The van der Waals surface area contributed by atoms with E-state index in [2.05, 4.69) is 63.3 Å². The number of nitrogens with zero attached hydrogens (tertiary/aromatic N) is 10. The molecule has 77 heavy (non-hydrogen) atoms. The van der Waals surface area contributed by atoms with E-state index in [1.165, 1.54) is 0 Å². The number of hydrogen-bond donors (Lipinski definition) is 3. The molecule has 4 N–H and O–H groups in total. The van der Waals surface area contributed by atoms with Crippen molar-refractivity contribution in [2.75, 3.05) is 41.8 Å². The summed E-state index contributed by atoms with van der Waals surface area (Å²) >= 11 is 0. The number of aromatic nitrogens is 7. The van der Waals surface area contributed by atoms with Crippen molar-refractivity contribution in [1.82, 2.24) is 45.1 Å². The summed E-state index contributed by atoms with van der Waals surface area (Å²) < 4.78 is 26.0. The van der Waals surface area contributed by atoms with Gasteiger partial charge < -0.3 is 54.2 Å². The largest absolute Gasteiger partial charge is 0.507 e. The van der Waals surface area contributed by atoms with E-state index in [4.69, 9.17) is 24.5 Å². The number of imidazole rings is 1. The predicted molar refractivity (Wildman–Crippen MR) is 288 cm³/mol. The summed E-state index contributed by atoms with van der Waals surface area (Å²) in [6.45, 7) is 9.84. The van der Waals surface area contributed by atoms with Crippen molar-refractivity contribution in [1.29, 1.82) is 0 Å². The number of aromatic hydroxyl groups is 1. The Kier molecular flexibility index (Phi) is 14.4. The number of nitrogens with two attached hydrogens (primary N) is 1. The number of para-hydroxylation sites is 1. The van der Waals surface area contributed by atoms with Gasteiger partial charge in [0.25, 0.3) is 5.88 Å². The van der Waals surface area contributed by atoms with Crippen molar-refractivity contribution in [3.8, 4) is 52.0 Å². The third-order valence-corrected chi connectivity index (χ3v) is 15.1. The Labute approximate surface area is 446 Å². The molecule has 19 heteroatoms. The summed E-state index contributed by atoms with van der Waals surface area (Å²) in [7, 11) is 0. The number of likely N-dealkylation sites (tertiary alicyclic amines) is 1. The van der Waals surface area contributed by atoms with Crippen LogP contribution in [0.5, 0.6) is 23.3 Å². The molecule has 396 valence electrons. The quantitative estimate of drug-likeness (QED) is 0.0793. The van der Waals surface area contributed by atoms with Gasteiger partial charge in [0.05, 0.1) is 23.6 Å². The molecule has 5 aromatic heterocycles. The van der Waals surface area contributed by atoms with Crippen molar-refractivity contribution < 1.29 is 33.4 Å². The molecule has 3 aliphatic heterocycles. The Morgan fingerprint density at radius 1 is 0.870 bits per heavy atom. The van der Waals surface area contributed by atoms with Gasteiger partial charge in [-0.1, -0.05) is 44.0 Å². The lowest BCUT2D eigenvalue weighted by atomic mass is 9.91. The van der Waals surface area contributed by atoms with Gasteiger partial charge in [-0.25, -0.2) is 15.0 Å². The summed E-state index contributed by atoms with van der Waals surface area (Å²) in [6.07, 6.45) is 12.0. The van der Waals surface area contributed by atoms with Crippen molar-refractivity contribution in [3.05, 3.63) is 133 Å². The lowest BCUT2D eigenvalue weighted by Crippen LogP contribution is -2.54. The maximum atomic E-state index is 14.2. The van der Waals surface area contributed by atoms with Crippen molar-refractivity contribution in [2.45, 2.75) is 109 Å². The predicted octanol–water partition coefficient (Wildman–Crippen LogP) is 7.59. The highest BCUT2D eigenvalue weighted by atomic mass is 16.5. The third kappa shape index (κ3) is 10.9. The van der Waals surface area contributed by atoms with Gasteiger partial charge in [-0.05, 0) is 111 Å². The van der Waals surface area contributed by atoms with E-state index < -0.39 is 12.0 Å². The highest BCUT2D eigenvalue weighted by Crippen LogP contribution is 2.40. The van der Waals surface area contributed by atoms with Gasteiger partial charge in [0.15, 0.2) is 18.2 Å². The van der Waals surface area contributed by atoms with Gasteiger partial charge in [-0.15, -0.1) is 10.2 Å². The number of piperazine rings is 1. The van der Waals surface area contributed by atoms with Crippen LogP contribution in [-0.4, -0.2) is 113 Å². The van der Waals surface area contributed by atoms with E-state index in [1.54, 1.807) is 41.6 Å². The standard InChI is InChI=1S/C58H62N12O7/c1-35(2)55(58(73)69-24-7-11-49(69)57(72)63-36(3)38-13-16-40(17-14-38)68-25-23-60-37(68)4)52-31-54(66-77-52)74-26-8-9-39-15-20-44(32-62-39)75-45-28-46(29-45)76-53-27-41(21-22-61-53)70-42-18-19-43(70)34-67(33-42)50-30-48(64-65-56(50)59)47-10-5-6-12-51(47)71/h5-6,10,12-17,20-23,25,27,30-32,35-36,42-43,45-46,49,55,71H,7,11,18-19,24,26,28-29,33-34H2,1-4H3,(H2,59,65)(H,63,72)/t36-,42?,43?,45?,46?,49-,55+/m0/s1. The molecule has 0 radical (unpaired) electrons. The number of phenolic OH excluding ortho intramolecular Hbond substituents is 1. The van der Waals surface area contributed by atoms with E-state index in [1.807, 2.05) is 99.3 Å². The maximum absolute atomic E-state index is 14.2. The summed E-state index contributed by atoms with van der Waals surface area (Å²) in [6, 6.07) is 26.1. The van der Waals surface area contributed by atoms with Crippen LogP contribution >= 0.6 is 0 Å². The minimum atomic E-state index is -0.657. The fraction of sp³-hybridized carbons (Fsp3) is 0.379. The molecular weight excluding hydrogens is 977 g/mol. The monoisotopic (exact) mass is 1040 g/mol. The Morgan fingerprint density at radius 3 is 2.40 bits per heavy atom. The first-order chi connectivity index (χ1) is 37.4. The molecule has 4 fully saturated rings. The maximum Gasteiger partial charge on any atom is 0.255 e. The molecule has 5 atom stereocenters. The van der Waals surface area contributed by atoms with E-state index >= 15 is 0 Å². The molecule has 19 nitrogen and oxygen atoms in total. The molecule has 8 heterocycles. The smallest absolute Gasteiger partial charge is 0.255 e. The van der Waals surface area contributed by atoms with Crippen LogP contribution in [0, 0.1) is 24.7 Å². The van der Waals surface area contributed by atoms with E-state index in [0.717, 1.165) is 73.6 Å². The number of anilines is 3. The van der Waals surface area contributed by atoms with Gasteiger partial charge in [0.2, 0.25) is 17.7 Å². The number of amides is 2. The van der Waals surface area contributed by atoms with Gasteiger partial charge in [-0.3, -0.25) is 9.59 Å². The van der Waals surface area contributed by atoms with Gasteiger partial charge in [0, 0.05) is 92.2 Å². The number of benzene rings is 2. The number of nitrogen functional groups attached to an aromatic ring is 1. The molecule has 0 spiro atoms. The molecule has 3 saturated heterocycles. The van der Waals surface area contributed by atoms with Crippen LogP contribution in [-0.2, 0) is 9.59 Å². The fourth-order valence-electron chi connectivity index (χ4n) is 11.1. The number of fused-ring (bicyclic) bond motifs is 2. The first kappa shape index (κ1) is 50.5. The number of nitrogens with one attached hydrogen (secondary N) is 1. The third-order valence-electron chi connectivity index (χ3n) is 15.1. The van der Waals surface area contributed by atoms with Gasteiger partial charge in [-0.2, -0.15) is 0 Å². The number of carbonyl (C=O) groups excluding carboxylic acids is 2. The van der Waals surface area contributed by atoms with Gasteiger partial charge >= 0.3 is 0 Å². The molecule has 1 aliphatic carbocycles. The molecule has 2 unspecified atom stereocenters. The Morgan fingerprint density at radius 2 is 1.66 bits per heavy atom. The SMILES string of the molecule is Cc1nccn1-c1ccc([C@H](C)NC(=O)[C@@H]2CCCN2C(=O)[C@@H](c2cc(OCC#Cc3ccc(OC4CC(Oc5cc(N6C7CCC6CN(c6cc(-c8ccccc8O)nnc6N)C7)ccn5)C4)cn3)no2)C(C)C)cc1. The van der Waals surface area contributed by atoms with Gasteiger partial charge in [0.1, 0.15) is 47.2 Å². The fourth-order valence-corrected chi connectivity index (χ4v) is 11.1. The van der Waals surface area contributed by atoms with Crippen LogP contribution < -0.4 is 35.1 Å². The second-order valence-corrected chi connectivity index (χ2v) is 20.6. The second kappa shape index (κ2) is 21.9. The minimum absolute atomic E-state index is 0.0166. The first-order valence-corrected chi connectivity index (χ1v) is 26.4. The summed E-state index contributed by atoms with van der Waals surface area (Å²) in [5.41, 5.74) is 12.0. The second-order valence-electron chi connectivity index (χ2n) is 20.6. The number of carbonyl (C=O) groups is 2. The van der Waals surface area contributed by atoms with Crippen LogP contribution in [0.15, 0.2) is 114 Å². The first-order valence-electron chi connectivity index (χ1n) is 26.4. The average Bonchev–Trinajstić information content (AvgIpc) is 4.32. The zero-order chi connectivity index (χ0) is 53.2. The van der Waals surface area contributed by atoms with Crippen molar-refractivity contribution in [2.24, 2.45) is 5.92 Å². The number of phenols is 1. The van der Waals surface area contributed by atoms with Crippen LogP contribution in [0.25, 0.3) is 16.9 Å². The lowest BCUT2D eigenvalue weighted by molar-refractivity contribution is -0.141. The number of rotatable bonds is 16. The Hall–Kier alpha value is -8.66. The number of pyridine rings is 2. The normalized spacial score (nSPS) is 20.5. The molecular formula is C58H62N12O7. The molecule has 1 saturated carbocycles. The highest BCUT2D eigenvalue weighted by molar-refractivity contribution is 5.91.